The number of nitrogens with zero attached hydrogens (tertiary/aromatic N) is 2. The molecule has 1 aromatic carbocycles. The van der Waals surface area contributed by atoms with Gasteiger partial charge in [0.15, 0.2) is 5.82 Å². The van der Waals surface area contributed by atoms with Crippen LogP contribution in [0.1, 0.15) is 11.4 Å². The van der Waals surface area contributed by atoms with Crippen molar-refractivity contribution in [2.24, 2.45) is 0 Å². The third-order valence-electron chi connectivity index (χ3n) is 2.21. The van der Waals surface area contributed by atoms with Crippen LogP contribution in [0.15, 0.2) is 41.1 Å². The monoisotopic (exact) mass is 352 g/mol. The van der Waals surface area contributed by atoms with Gasteiger partial charge < -0.3 is 4.57 Å². The molecule has 1 heterocycles. The van der Waals surface area contributed by atoms with Crippen molar-refractivity contribution in [2.45, 2.75) is 10.3 Å². The van der Waals surface area contributed by atoms with E-state index in [1.54, 1.807) is 12.4 Å². The van der Waals surface area contributed by atoms with Crippen LogP contribution >= 0.6 is 50.7 Å². The maximum atomic E-state index is 5.84. The molecule has 0 unspecified atom stereocenters. The minimum atomic E-state index is -1.50. The van der Waals surface area contributed by atoms with Crippen LogP contribution in [-0.2, 0) is 10.3 Å². The molecule has 1 aromatic heterocycles. The zero-order valence-corrected chi connectivity index (χ0v) is 12.4. The first kappa shape index (κ1) is 13.2. The number of imidazole rings is 1. The Morgan fingerprint density at radius 3 is 2.71 bits per heavy atom. The van der Waals surface area contributed by atoms with E-state index in [4.69, 9.17) is 34.8 Å². The van der Waals surface area contributed by atoms with Crippen molar-refractivity contribution in [1.29, 1.82) is 0 Å². The van der Waals surface area contributed by atoms with Crippen molar-refractivity contribution in [1.82, 2.24) is 9.55 Å². The van der Waals surface area contributed by atoms with E-state index in [2.05, 4.69) is 20.9 Å². The number of alkyl halides is 3. The zero-order valence-electron chi connectivity index (χ0n) is 8.58. The molecule has 0 aliphatic carbocycles. The fourth-order valence-corrected chi connectivity index (χ4v) is 2.44. The van der Waals surface area contributed by atoms with Gasteiger partial charge in [-0.25, -0.2) is 4.98 Å². The molecule has 17 heavy (non-hydrogen) atoms. The van der Waals surface area contributed by atoms with Gasteiger partial charge in [-0.2, -0.15) is 0 Å². The molecule has 0 spiro atoms. The third kappa shape index (κ3) is 3.38. The summed E-state index contributed by atoms with van der Waals surface area (Å²) in [6, 6.07) is 7.95. The number of hydrogen-bond acceptors (Lipinski definition) is 1. The second-order valence-corrected chi connectivity index (χ2v) is 6.70. The fourth-order valence-electron chi connectivity index (χ4n) is 1.52. The average Bonchev–Trinajstić information content (AvgIpc) is 2.65. The van der Waals surface area contributed by atoms with Crippen molar-refractivity contribution in [3.63, 3.8) is 0 Å². The Kier molecular flexibility index (Phi) is 4.03. The summed E-state index contributed by atoms with van der Waals surface area (Å²) >= 11 is 20.9. The number of rotatable bonds is 2. The summed E-state index contributed by atoms with van der Waals surface area (Å²) in [5.41, 5.74) is 1.10. The smallest absolute Gasteiger partial charge is 0.248 e. The lowest BCUT2D eigenvalue weighted by atomic mass is 10.2. The van der Waals surface area contributed by atoms with Gasteiger partial charge in [0.2, 0.25) is 3.79 Å². The Morgan fingerprint density at radius 2 is 2.06 bits per heavy atom. The molecule has 0 aliphatic rings. The van der Waals surface area contributed by atoms with Crippen molar-refractivity contribution < 1.29 is 0 Å². The Hall–Kier alpha value is -0.220. The summed E-state index contributed by atoms with van der Waals surface area (Å²) in [4.78, 5) is 4.06. The molecule has 0 N–H and O–H groups in total. The highest BCUT2D eigenvalue weighted by Gasteiger charge is 2.28. The molecule has 0 bridgehead atoms. The Morgan fingerprint density at radius 1 is 1.29 bits per heavy atom. The lowest BCUT2D eigenvalue weighted by Gasteiger charge is -2.13. The van der Waals surface area contributed by atoms with Crippen LogP contribution in [0, 0.1) is 0 Å². The molecule has 2 rings (SSSR count). The van der Waals surface area contributed by atoms with Crippen molar-refractivity contribution in [2.75, 3.05) is 0 Å². The van der Waals surface area contributed by atoms with Crippen molar-refractivity contribution in [3.8, 4) is 0 Å². The first-order valence-electron chi connectivity index (χ1n) is 4.79. The van der Waals surface area contributed by atoms with E-state index in [0.717, 1.165) is 10.0 Å². The topological polar surface area (TPSA) is 17.8 Å². The summed E-state index contributed by atoms with van der Waals surface area (Å²) < 4.78 is 1.33. The summed E-state index contributed by atoms with van der Waals surface area (Å²) in [6.45, 7) is 0.614. The van der Waals surface area contributed by atoms with Crippen LogP contribution in [0.2, 0.25) is 0 Å². The van der Waals surface area contributed by atoms with Crippen LogP contribution in [0.3, 0.4) is 0 Å². The summed E-state index contributed by atoms with van der Waals surface area (Å²) in [7, 11) is 0. The lowest BCUT2D eigenvalue weighted by Crippen LogP contribution is -2.12. The molecule has 0 saturated carbocycles. The summed E-state index contributed by atoms with van der Waals surface area (Å²) in [5.74, 6) is 0.419. The highest BCUT2D eigenvalue weighted by Crippen LogP contribution is 2.37. The van der Waals surface area contributed by atoms with E-state index < -0.39 is 3.79 Å². The van der Waals surface area contributed by atoms with Gasteiger partial charge >= 0.3 is 0 Å². The highest BCUT2D eigenvalue weighted by molar-refractivity contribution is 9.10. The van der Waals surface area contributed by atoms with Gasteiger partial charge in [-0.15, -0.1) is 0 Å². The lowest BCUT2D eigenvalue weighted by molar-refractivity contribution is 0.737. The number of halogens is 4. The second-order valence-electron chi connectivity index (χ2n) is 3.51. The SMILES string of the molecule is ClC(Cl)(Cl)c1nccn1Cc1cccc(Br)c1. The highest BCUT2D eigenvalue weighted by atomic mass is 79.9. The maximum absolute atomic E-state index is 5.84. The van der Waals surface area contributed by atoms with Crippen LogP contribution in [0.25, 0.3) is 0 Å². The van der Waals surface area contributed by atoms with Crippen LogP contribution in [0.5, 0.6) is 0 Å². The predicted molar refractivity (Wildman–Crippen MR) is 74.7 cm³/mol. The van der Waals surface area contributed by atoms with E-state index in [1.165, 1.54) is 0 Å². The first-order chi connectivity index (χ1) is 7.97. The molecule has 0 amide bonds. The third-order valence-corrected chi connectivity index (χ3v) is 3.21. The predicted octanol–water partition coefficient (Wildman–Crippen LogP) is 4.52. The standard InChI is InChI=1S/C11H8BrCl3N2/c12-9-3-1-2-8(6-9)7-17-5-4-16-10(17)11(13,14)15/h1-6H,7H2. The van der Waals surface area contributed by atoms with E-state index in [0.29, 0.717) is 12.4 Å². The largest absolute Gasteiger partial charge is 0.327 e. The van der Waals surface area contributed by atoms with E-state index in [9.17, 15) is 0 Å². The molecule has 0 atom stereocenters. The zero-order chi connectivity index (χ0) is 12.5. The molecule has 90 valence electrons. The minimum absolute atomic E-state index is 0.419. The van der Waals surface area contributed by atoms with E-state index in [1.807, 2.05) is 28.8 Å². The fraction of sp³-hybridized carbons (Fsp3) is 0.182. The average molecular weight is 354 g/mol. The second kappa shape index (κ2) is 5.19. The normalized spacial score (nSPS) is 11.8. The van der Waals surface area contributed by atoms with Gasteiger partial charge in [0.25, 0.3) is 0 Å². The van der Waals surface area contributed by atoms with Crippen LogP contribution in [-0.4, -0.2) is 9.55 Å². The molecular weight excluding hydrogens is 346 g/mol. The van der Waals surface area contributed by atoms with Crippen molar-refractivity contribution >= 4 is 50.7 Å². The Bertz CT molecular complexity index is 519. The van der Waals surface area contributed by atoms with Gasteiger partial charge in [0.05, 0.1) is 0 Å². The summed E-state index contributed by atoms with van der Waals surface area (Å²) in [5, 5.41) is 0. The van der Waals surface area contributed by atoms with Gasteiger partial charge in [-0.1, -0.05) is 62.9 Å². The van der Waals surface area contributed by atoms with E-state index in [-0.39, 0.29) is 0 Å². The molecule has 2 aromatic rings. The molecule has 0 saturated heterocycles. The van der Waals surface area contributed by atoms with E-state index >= 15 is 0 Å². The van der Waals surface area contributed by atoms with Gasteiger partial charge in [0.1, 0.15) is 0 Å². The first-order valence-corrected chi connectivity index (χ1v) is 6.72. The van der Waals surface area contributed by atoms with Crippen LogP contribution < -0.4 is 0 Å². The molecule has 6 heteroatoms. The van der Waals surface area contributed by atoms with Gasteiger partial charge in [0, 0.05) is 23.4 Å². The number of aromatic nitrogens is 2. The van der Waals surface area contributed by atoms with Crippen molar-refractivity contribution in [3.05, 3.63) is 52.5 Å². The quantitative estimate of drug-likeness (QED) is 0.725. The minimum Gasteiger partial charge on any atom is -0.327 e. The molecular formula is C11H8BrCl3N2. The Labute approximate surface area is 123 Å². The number of hydrogen-bond donors (Lipinski definition) is 0. The maximum Gasteiger partial charge on any atom is 0.248 e. The number of benzene rings is 1. The van der Waals surface area contributed by atoms with Crippen LogP contribution in [0.4, 0.5) is 0 Å². The molecule has 0 radical (unpaired) electrons. The Balaban J connectivity index is 2.28. The molecule has 0 fully saturated rings. The van der Waals surface area contributed by atoms with Gasteiger partial charge in [-0.05, 0) is 17.7 Å². The summed E-state index contributed by atoms with van der Waals surface area (Å²) in [6.07, 6.45) is 3.41. The molecule has 2 nitrogen and oxygen atoms in total. The molecule has 0 aliphatic heterocycles. The van der Waals surface area contributed by atoms with Gasteiger partial charge in [-0.3, -0.25) is 0 Å².